The minimum Gasteiger partial charge on any atom is -0.340 e. The first kappa shape index (κ1) is 14.3. The molecule has 1 aromatic carbocycles. The number of rotatable bonds is 3. The molecule has 4 nitrogen and oxygen atoms in total. The van der Waals surface area contributed by atoms with Crippen LogP contribution in [0.1, 0.15) is 25.3 Å². The Kier molecular flexibility index (Phi) is 3.40. The first-order valence-corrected chi connectivity index (χ1v) is 7.33. The van der Waals surface area contributed by atoms with Crippen LogP contribution in [0.15, 0.2) is 18.2 Å². The van der Waals surface area contributed by atoms with Gasteiger partial charge in [-0.25, -0.2) is 4.39 Å². The minimum absolute atomic E-state index is 0.0198. The third kappa shape index (κ3) is 2.50. The number of piperazine rings is 1. The Morgan fingerprint density at radius 1 is 1.43 bits per heavy atom. The first-order chi connectivity index (χ1) is 9.91. The Balaban J connectivity index is 1.85. The number of nitrogens with one attached hydrogen (secondary N) is 1. The summed E-state index contributed by atoms with van der Waals surface area (Å²) in [5.74, 6) is -0.706. The van der Waals surface area contributed by atoms with E-state index in [1.807, 2.05) is 0 Å². The van der Waals surface area contributed by atoms with E-state index < -0.39 is 11.4 Å². The second kappa shape index (κ2) is 4.98. The molecule has 0 aromatic heterocycles. The molecule has 3 rings (SSSR count). The number of nitrogens with zero attached hydrogens (tertiary/aromatic N) is 1. The predicted molar refractivity (Wildman–Crippen MR) is 76.1 cm³/mol. The van der Waals surface area contributed by atoms with Gasteiger partial charge in [0.2, 0.25) is 11.8 Å². The lowest BCUT2D eigenvalue weighted by Crippen LogP contribution is -2.66. The van der Waals surface area contributed by atoms with Gasteiger partial charge < -0.3 is 10.2 Å². The van der Waals surface area contributed by atoms with Crippen LogP contribution in [0.2, 0.25) is 5.02 Å². The molecule has 6 heteroatoms. The maximum atomic E-state index is 14.0. The van der Waals surface area contributed by atoms with Crippen LogP contribution in [-0.2, 0) is 16.1 Å². The van der Waals surface area contributed by atoms with Crippen molar-refractivity contribution in [2.45, 2.75) is 31.8 Å². The average molecular weight is 311 g/mol. The van der Waals surface area contributed by atoms with Gasteiger partial charge in [0.05, 0.1) is 11.6 Å². The van der Waals surface area contributed by atoms with Gasteiger partial charge in [0.15, 0.2) is 0 Å². The van der Waals surface area contributed by atoms with Crippen molar-refractivity contribution >= 4 is 23.4 Å². The summed E-state index contributed by atoms with van der Waals surface area (Å²) in [6.45, 7) is 1.76. The number of hydrogen-bond acceptors (Lipinski definition) is 2. The predicted octanol–water partition coefficient (Wildman–Crippen LogP) is 2.11. The van der Waals surface area contributed by atoms with Crippen LogP contribution in [-0.4, -0.2) is 28.8 Å². The van der Waals surface area contributed by atoms with Crippen LogP contribution in [0, 0.1) is 11.7 Å². The molecule has 1 aliphatic heterocycles. The lowest BCUT2D eigenvalue weighted by molar-refractivity contribution is -0.150. The lowest BCUT2D eigenvalue weighted by atomic mass is 9.91. The number of carbonyl (C=O) groups excluding carboxylic acids is 2. The zero-order chi connectivity index (χ0) is 15.2. The molecule has 1 aliphatic carbocycles. The SMILES string of the molecule is CC1(C2CC2)NC(=O)CN(Cc2cccc(Cl)c2F)C1=O. The smallest absolute Gasteiger partial charge is 0.249 e. The molecule has 1 unspecified atom stereocenters. The Labute approximate surface area is 127 Å². The number of hydrogen-bond donors (Lipinski definition) is 1. The second-order valence-electron chi connectivity index (χ2n) is 5.90. The third-order valence-electron chi connectivity index (χ3n) is 4.25. The largest absolute Gasteiger partial charge is 0.340 e. The molecule has 1 N–H and O–H groups in total. The molecular formula is C15H16ClFN2O2. The summed E-state index contributed by atoms with van der Waals surface area (Å²) >= 11 is 5.76. The average Bonchev–Trinajstić information content (AvgIpc) is 3.25. The maximum absolute atomic E-state index is 14.0. The van der Waals surface area contributed by atoms with Crippen molar-refractivity contribution in [3.05, 3.63) is 34.6 Å². The van der Waals surface area contributed by atoms with E-state index in [1.54, 1.807) is 19.1 Å². The van der Waals surface area contributed by atoms with Gasteiger partial charge in [0.25, 0.3) is 0 Å². The molecular weight excluding hydrogens is 295 g/mol. The molecule has 1 atom stereocenters. The molecule has 0 spiro atoms. The van der Waals surface area contributed by atoms with Crippen LogP contribution >= 0.6 is 11.6 Å². The summed E-state index contributed by atoms with van der Waals surface area (Å²) in [4.78, 5) is 25.9. The highest BCUT2D eigenvalue weighted by molar-refractivity contribution is 6.30. The molecule has 2 amide bonds. The van der Waals surface area contributed by atoms with Crippen LogP contribution < -0.4 is 5.32 Å². The summed E-state index contributed by atoms with van der Waals surface area (Å²) in [6.07, 6.45) is 1.86. The van der Waals surface area contributed by atoms with Gasteiger partial charge in [-0.2, -0.15) is 0 Å². The van der Waals surface area contributed by atoms with Crippen molar-refractivity contribution in [2.24, 2.45) is 5.92 Å². The Morgan fingerprint density at radius 2 is 2.14 bits per heavy atom. The molecule has 1 heterocycles. The van der Waals surface area contributed by atoms with Crippen LogP contribution in [0.3, 0.4) is 0 Å². The fraction of sp³-hybridized carbons (Fsp3) is 0.467. The number of benzene rings is 1. The highest BCUT2D eigenvalue weighted by Gasteiger charge is 2.52. The Hall–Kier alpha value is -1.62. The second-order valence-corrected chi connectivity index (χ2v) is 6.31. The summed E-state index contributed by atoms with van der Waals surface area (Å²) in [5, 5.41) is 2.82. The van der Waals surface area contributed by atoms with Crippen molar-refractivity contribution in [3.63, 3.8) is 0 Å². The minimum atomic E-state index is -0.857. The van der Waals surface area contributed by atoms with E-state index in [0.717, 1.165) is 12.8 Å². The number of amides is 2. The van der Waals surface area contributed by atoms with Crippen LogP contribution in [0.4, 0.5) is 4.39 Å². The Morgan fingerprint density at radius 3 is 2.81 bits per heavy atom. The van der Waals surface area contributed by atoms with E-state index >= 15 is 0 Å². The van der Waals surface area contributed by atoms with E-state index in [1.165, 1.54) is 11.0 Å². The van der Waals surface area contributed by atoms with Gasteiger partial charge in [0.1, 0.15) is 11.4 Å². The van der Waals surface area contributed by atoms with E-state index in [-0.39, 0.29) is 35.8 Å². The van der Waals surface area contributed by atoms with Crippen LogP contribution in [0.25, 0.3) is 0 Å². The monoisotopic (exact) mass is 310 g/mol. The van der Waals surface area contributed by atoms with Gasteiger partial charge in [-0.3, -0.25) is 9.59 Å². The zero-order valence-corrected chi connectivity index (χ0v) is 12.4. The lowest BCUT2D eigenvalue weighted by Gasteiger charge is -2.40. The van der Waals surface area contributed by atoms with Gasteiger partial charge in [0, 0.05) is 12.1 Å². The van der Waals surface area contributed by atoms with Crippen molar-refractivity contribution in [1.29, 1.82) is 0 Å². The fourth-order valence-electron chi connectivity index (χ4n) is 2.90. The molecule has 1 saturated heterocycles. The Bertz CT molecular complexity index is 618. The molecule has 1 aromatic rings. The first-order valence-electron chi connectivity index (χ1n) is 6.95. The summed E-state index contributed by atoms with van der Waals surface area (Å²) in [7, 11) is 0. The zero-order valence-electron chi connectivity index (χ0n) is 11.7. The maximum Gasteiger partial charge on any atom is 0.249 e. The standard InChI is InChI=1S/C15H16ClFN2O2/c1-15(10-5-6-10)14(21)19(8-12(20)18-15)7-9-3-2-4-11(16)13(9)17/h2-4,10H,5-8H2,1H3,(H,18,20). The van der Waals surface area contributed by atoms with Gasteiger partial charge >= 0.3 is 0 Å². The van der Waals surface area contributed by atoms with E-state index in [4.69, 9.17) is 11.6 Å². The van der Waals surface area contributed by atoms with Crippen LogP contribution in [0.5, 0.6) is 0 Å². The van der Waals surface area contributed by atoms with Gasteiger partial charge in [-0.05, 0) is 31.7 Å². The normalized spacial score (nSPS) is 26.0. The molecule has 2 fully saturated rings. The highest BCUT2D eigenvalue weighted by atomic mass is 35.5. The van der Waals surface area contributed by atoms with E-state index in [0.29, 0.717) is 5.56 Å². The number of carbonyl (C=O) groups is 2. The van der Waals surface area contributed by atoms with Crippen molar-refractivity contribution < 1.29 is 14.0 Å². The molecule has 21 heavy (non-hydrogen) atoms. The quantitative estimate of drug-likeness (QED) is 0.929. The number of halogens is 2. The third-order valence-corrected chi connectivity index (χ3v) is 4.54. The van der Waals surface area contributed by atoms with Gasteiger partial charge in [-0.1, -0.05) is 23.7 Å². The topological polar surface area (TPSA) is 49.4 Å². The molecule has 1 saturated carbocycles. The molecule has 0 bridgehead atoms. The van der Waals surface area contributed by atoms with Crippen molar-refractivity contribution in [1.82, 2.24) is 10.2 Å². The summed E-state index contributed by atoms with van der Waals surface area (Å²) in [6, 6.07) is 4.67. The highest BCUT2D eigenvalue weighted by Crippen LogP contribution is 2.41. The van der Waals surface area contributed by atoms with E-state index in [2.05, 4.69) is 5.32 Å². The molecule has 0 radical (unpaired) electrons. The molecule has 2 aliphatic rings. The summed E-state index contributed by atoms with van der Waals surface area (Å²) < 4.78 is 14.0. The van der Waals surface area contributed by atoms with Crippen molar-refractivity contribution in [2.75, 3.05) is 6.54 Å². The van der Waals surface area contributed by atoms with E-state index in [9.17, 15) is 14.0 Å². The fourth-order valence-corrected chi connectivity index (χ4v) is 3.09. The molecule has 112 valence electrons. The van der Waals surface area contributed by atoms with Gasteiger partial charge in [-0.15, -0.1) is 0 Å². The van der Waals surface area contributed by atoms with Crippen molar-refractivity contribution in [3.8, 4) is 0 Å². The summed E-state index contributed by atoms with van der Waals surface area (Å²) in [5.41, 5.74) is -0.534.